The minimum absolute atomic E-state index is 0.203. The van der Waals surface area contributed by atoms with E-state index in [1.54, 1.807) is 30.3 Å². The van der Waals surface area contributed by atoms with E-state index >= 15 is 0 Å². The monoisotopic (exact) mass is 381 g/mol. The van der Waals surface area contributed by atoms with Crippen molar-refractivity contribution in [2.45, 2.75) is 6.61 Å². The number of aromatic amines is 2. The quantitative estimate of drug-likeness (QED) is 0.399. The van der Waals surface area contributed by atoms with Gasteiger partial charge in [0, 0.05) is 11.1 Å². The Balaban J connectivity index is 1.65. The second-order valence-corrected chi connectivity index (χ2v) is 5.91. The smallest absolute Gasteiger partial charge is 0.357 e. The van der Waals surface area contributed by atoms with E-state index in [0.29, 0.717) is 17.1 Å². The first kappa shape index (κ1) is 17.2. The lowest BCUT2D eigenvalue weighted by Gasteiger charge is -1.99. The number of carbonyl (C=O) groups is 1. The van der Waals surface area contributed by atoms with Crippen molar-refractivity contribution in [1.82, 2.24) is 9.97 Å². The number of hydrogen-bond donors (Lipinski definition) is 2. The molecule has 0 radical (unpaired) electrons. The minimum atomic E-state index is -1.09. The molecule has 2 aromatic heterocycles. The van der Waals surface area contributed by atoms with Gasteiger partial charge < -0.3 is 14.1 Å². The predicted molar refractivity (Wildman–Crippen MR) is 96.5 cm³/mol. The summed E-state index contributed by atoms with van der Waals surface area (Å²) in [6.45, 7) is 0.203. The van der Waals surface area contributed by atoms with E-state index < -0.39 is 21.9 Å². The fourth-order valence-electron chi connectivity index (χ4n) is 2.85. The first-order valence-electron chi connectivity index (χ1n) is 8.02. The van der Waals surface area contributed by atoms with E-state index in [-0.39, 0.29) is 18.3 Å². The Morgan fingerprint density at radius 2 is 1.89 bits per heavy atom. The van der Waals surface area contributed by atoms with Crippen LogP contribution in [0, 0.1) is 10.1 Å². The molecule has 3 heterocycles. The van der Waals surface area contributed by atoms with Crippen molar-refractivity contribution in [1.29, 1.82) is 0 Å². The van der Waals surface area contributed by atoms with Crippen LogP contribution in [0.2, 0.25) is 0 Å². The van der Waals surface area contributed by atoms with Crippen molar-refractivity contribution in [3.8, 4) is 11.3 Å². The van der Waals surface area contributed by atoms with E-state index in [0.717, 1.165) is 11.1 Å². The number of H-pyrrole nitrogens is 2. The van der Waals surface area contributed by atoms with Crippen LogP contribution in [0.1, 0.15) is 27.4 Å². The molecule has 0 aliphatic carbocycles. The van der Waals surface area contributed by atoms with Crippen LogP contribution in [-0.4, -0.2) is 20.9 Å². The Morgan fingerprint density at radius 3 is 2.68 bits per heavy atom. The number of esters is 1. The lowest BCUT2D eigenvalue weighted by atomic mass is 10.0. The summed E-state index contributed by atoms with van der Waals surface area (Å²) in [5, 5.41) is 11.0. The molecule has 0 amide bonds. The first-order valence-corrected chi connectivity index (χ1v) is 8.02. The average molecular weight is 381 g/mol. The van der Waals surface area contributed by atoms with Gasteiger partial charge in [0.2, 0.25) is 0 Å². The van der Waals surface area contributed by atoms with Gasteiger partial charge >= 0.3 is 22.9 Å². The lowest BCUT2D eigenvalue weighted by Crippen LogP contribution is -2.25. The fourth-order valence-corrected chi connectivity index (χ4v) is 2.85. The number of cyclic esters (lactones) is 1. The van der Waals surface area contributed by atoms with Gasteiger partial charge in [-0.1, -0.05) is 6.07 Å². The normalized spacial score (nSPS) is 12.9. The number of nitro groups is 1. The van der Waals surface area contributed by atoms with E-state index in [4.69, 9.17) is 9.15 Å². The molecule has 0 bridgehead atoms. The number of nitrogens with one attached hydrogen (secondary N) is 2. The maximum atomic E-state index is 11.6. The highest BCUT2D eigenvalue weighted by atomic mass is 16.6. The highest BCUT2D eigenvalue weighted by Gasteiger charge is 2.22. The van der Waals surface area contributed by atoms with Gasteiger partial charge in [0.15, 0.2) is 0 Å². The van der Waals surface area contributed by atoms with E-state index in [9.17, 15) is 24.5 Å². The molecule has 28 heavy (non-hydrogen) atoms. The van der Waals surface area contributed by atoms with Crippen molar-refractivity contribution in [3.63, 3.8) is 0 Å². The number of aromatic nitrogens is 2. The van der Waals surface area contributed by atoms with Crippen LogP contribution in [0.3, 0.4) is 0 Å². The van der Waals surface area contributed by atoms with Gasteiger partial charge in [-0.2, -0.15) is 0 Å². The Labute approximate surface area is 155 Å². The average Bonchev–Trinajstić information content (AvgIpc) is 3.26. The number of hydrogen-bond acceptors (Lipinski definition) is 7. The number of ether oxygens (including phenoxy) is 1. The van der Waals surface area contributed by atoms with E-state index in [1.807, 2.05) is 4.98 Å². The Morgan fingerprint density at radius 1 is 1.07 bits per heavy atom. The van der Waals surface area contributed by atoms with Crippen LogP contribution in [-0.2, 0) is 11.3 Å². The molecule has 1 aromatic carbocycles. The highest BCUT2D eigenvalue weighted by Crippen LogP contribution is 2.28. The van der Waals surface area contributed by atoms with Gasteiger partial charge in [-0.05, 0) is 36.4 Å². The molecule has 0 saturated carbocycles. The van der Waals surface area contributed by atoms with Gasteiger partial charge in [-0.15, -0.1) is 0 Å². The van der Waals surface area contributed by atoms with Crippen molar-refractivity contribution >= 4 is 23.8 Å². The lowest BCUT2D eigenvalue weighted by molar-refractivity contribution is -0.386. The molecule has 140 valence electrons. The third-order valence-electron chi connectivity index (χ3n) is 4.14. The molecular weight excluding hydrogens is 370 g/mol. The van der Waals surface area contributed by atoms with E-state index in [2.05, 4.69) is 4.98 Å². The molecular formula is C18H11N3O7. The van der Waals surface area contributed by atoms with Crippen molar-refractivity contribution in [2.75, 3.05) is 0 Å². The predicted octanol–water partition coefficient (Wildman–Crippen LogP) is 2.07. The summed E-state index contributed by atoms with van der Waals surface area (Å²) in [5.74, 6) is 0.493. The van der Waals surface area contributed by atoms with Gasteiger partial charge in [0.25, 0.3) is 0 Å². The van der Waals surface area contributed by atoms with Crippen LogP contribution in [0.25, 0.3) is 23.5 Å². The molecule has 1 aliphatic rings. The molecule has 0 fully saturated rings. The Kier molecular flexibility index (Phi) is 4.00. The SMILES string of the molecule is O=C1OCc2cc(-c3ccc(/C=C/c4[nH]c(=O)[nH]c(=O)c4[N+](=O)[O-])o3)ccc21. The molecule has 10 nitrogen and oxygen atoms in total. The number of nitrogens with zero attached hydrogens (tertiary/aromatic N) is 1. The molecule has 2 N–H and O–H groups in total. The highest BCUT2D eigenvalue weighted by molar-refractivity contribution is 5.94. The van der Waals surface area contributed by atoms with Crippen LogP contribution < -0.4 is 11.2 Å². The summed E-state index contributed by atoms with van der Waals surface area (Å²) in [4.78, 5) is 48.7. The molecule has 1 aliphatic heterocycles. The van der Waals surface area contributed by atoms with Crippen molar-refractivity contribution in [3.05, 3.63) is 83.9 Å². The van der Waals surface area contributed by atoms with Crippen LogP contribution >= 0.6 is 0 Å². The largest absolute Gasteiger partial charge is 0.457 e. The first-order chi connectivity index (χ1) is 13.4. The summed E-state index contributed by atoms with van der Waals surface area (Å²) < 4.78 is 10.6. The molecule has 0 spiro atoms. The summed E-state index contributed by atoms with van der Waals surface area (Å²) in [7, 11) is 0. The summed E-state index contributed by atoms with van der Waals surface area (Å²) in [6, 6.07) is 8.47. The Hall–Kier alpha value is -4.21. The zero-order chi connectivity index (χ0) is 19.8. The zero-order valence-electron chi connectivity index (χ0n) is 14.1. The topological polar surface area (TPSA) is 148 Å². The zero-order valence-corrected chi connectivity index (χ0v) is 14.1. The van der Waals surface area contributed by atoms with Crippen LogP contribution in [0.4, 0.5) is 5.69 Å². The van der Waals surface area contributed by atoms with Crippen molar-refractivity contribution in [2.24, 2.45) is 0 Å². The fraction of sp³-hybridized carbons (Fsp3) is 0.0556. The molecule has 10 heteroatoms. The second kappa shape index (κ2) is 6.50. The van der Waals surface area contributed by atoms with Crippen LogP contribution in [0.15, 0.2) is 44.3 Å². The van der Waals surface area contributed by atoms with Crippen molar-refractivity contribution < 1.29 is 18.9 Å². The third-order valence-corrected chi connectivity index (χ3v) is 4.14. The number of benzene rings is 1. The maximum Gasteiger partial charge on any atom is 0.357 e. The van der Waals surface area contributed by atoms with Gasteiger partial charge in [-0.3, -0.25) is 19.9 Å². The maximum absolute atomic E-state index is 11.6. The molecule has 0 unspecified atom stereocenters. The number of rotatable bonds is 4. The Bertz CT molecular complexity index is 1260. The van der Waals surface area contributed by atoms with E-state index in [1.165, 1.54) is 12.2 Å². The molecule has 4 rings (SSSR count). The third kappa shape index (κ3) is 3.03. The minimum Gasteiger partial charge on any atom is -0.457 e. The summed E-state index contributed by atoms with van der Waals surface area (Å²) >= 11 is 0. The van der Waals surface area contributed by atoms with Gasteiger partial charge in [0.1, 0.15) is 23.8 Å². The summed E-state index contributed by atoms with van der Waals surface area (Å²) in [6.07, 6.45) is 2.60. The number of carbonyl (C=O) groups excluding carboxylic acids is 1. The second-order valence-electron chi connectivity index (χ2n) is 5.91. The number of fused-ring (bicyclic) bond motifs is 1. The molecule has 0 saturated heterocycles. The molecule has 0 atom stereocenters. The summed E-state index contributed by atoms with van der Waals surface area (Å²) in [5.41, 5.74) is -0.967. The standard InChI is InChI=1S/C18H11N3O7/c22-16-15(21(25)26)13(19-18(24)20-16)5-2-11-3-6-14(28-11)9-1-4-12-10(7-9)8-27-17(12)23/h1-7H,8H2,(H2,19,20,22,24)/b5-2+. The number of furan rings is 1. The molecule has 3 aromatic rings. The van der Waals surface area contributed by atoms with Gasteiger partial charge in [-0.25, -0.2) is 9.59 Å². The van der Waals surface area contributed by atoms with Crippen LogP contribution in [0.5, 0.6) is 0 Å². The van der Waals surface area contributed by atoms with Gasteiger partial charge in [0.05, 0.1) is 10.5 Å².